The van der Waals surface area contributed by atoms with Gasteiger partial charge in [0, 0.05) is 34.5 Å². The van der Waals surface area contributed by atoms with Crippen molar-refractivity contribution in [2.75, 3.05) is 24.6 Å². The number of hydrogen-bond acceptors (Lipinski definition) is 6. The summed E-state index contributed by atoms with van der Waals surface area (Å²) in [5.41, 5.74) is 3.02. The molecule has 9 heteroatoms. The average Bonchev–Trinajstić information content (AvgIpc) is 3.10. The van der Waals surface area contributed by atoms with Gasteiger partial charge in [0.25, 0.3) is 5.91 Å². The highest BCUT2D eigenvalue weighted by Crippen LogP contribution is 2.52. The third-order valence-electron chi connectivity index (χ3n) is 10.5. The van der Waals surface area contributed by atoms with Crippen molar-refractivity contribution >= 4 is 33.2 Å². The molecular formula is C33H41ClN2O5S. The molecule has 2 heterocycles. The maximum absolute atomic E-state index is 13.4. The predicted octanol–water partition coefficient (Wildman–Crippen LogP) is 5.78. The van der Waals surface area contributed by atoms with Crippen LogP contribution in [0.4, 0.5) is 5.69 Å². The van der Waals surface area contributed by atoms with Gasteiger partial charge in [0.15, 0.2) is 0 Å². The Hall–Kier alpha value is -2.55. The largest absolute Gasteiger partial charge is 0.490 e. The number of aliphatic hydroxyl groups excluding tert-OH is 1. The number of nitrogens with one attached hydrogen (secondary N) is 1. The van der Waals surface area contributed by atoms with E-state index in [1.807, 2.05) is 25.1 Å². The number of nitrogens with zero attached hydrogens (tertiary/aromatic N) is 1. The highest BCUT2D eigenvalue weighted by atomic mass is 35.5. The van der Waals surface area contributed by atoms with Crippen LogP contribution in [-0.2, 0) is 21.9 Å². The maximum atomic E-state index is 13.4. The van der Waals surface area contributed by atoms with Gasteiger partial charge in [0.2, 0.25) is 10.0 Å². The third kappa shape index (κ3) is 5.24. The van der Waals surface area contributed by atoms with E-state index in [1.54, 1.807) is 18.2 Å². The molecule has 1 saturated carbocycles. The molecule has 0 saturated heterocycles. The topological polar surface area (TPSA) is 95.9 Å². The third-order valence-corrected chi connectivity index (χ3v) is 12.6. The summed E-state index contributed by atoms with van der Waals surface area (Å²) in [6.07, 6.45) is 9.28. The fourth-order valence-corrected chi connectivity index (χ4v) is 9.21. The normalized spacial score (nSPS) is 33.3. The summed E-state index contributed by atoms with van der Waals surface area (Å²) in [6, 6.07) is 11.4. The van der Waals surface area contributed by atoms with E-state index < -0.39 is 27.3 Å². The number of carbonyl (C=O) groups excluding carboxylic acids is 1. The average molecular weight is 613 g/mol. The fourth-order valence-electron chi connectivity index (χ4n) is 7.59. The molecule has 226 valence electrons. The molecule has 2 aromatic rings. The number of aliphatic hydroxyl groups is 1. The fraction of sp³-hybridized carbons (Fsp3) is 0.545. The second kappa shape index (κ2) is 11.2. The molecule has 5 atom stereocenters. The van der Waals surface area contributed by atoms with Crippen LogP contribution in [0.1, 0.15) is 80.3 Å². The minimum atomic E-state index is -3.89. The van der Waals surface area contributed by atoms with Crippen LogP contribution in [0, 0.1) is 11.3 Å². The van der Waals surface area contributed by atoms with Gasteiger partial charge in [-0.15, -0.1) is 0 Å². The summed E-state index contributed by atoms with van der Waals surface area (Å²) in [4.78, 5) is 15.7. The summed E-state index contributed by atoms with van der Waals surface area (Å²) in [7, 11) is -3.89. The SMILES string of the molecule is CC[C@@H]1CC/C=C\[C@@H](O)[C@]2(C)CC[C@H]2CN2C[C@@]3(CCCc4cc(Cl)ccc43)COc3ccc(cc32)C(=O)NS1(=O)=O. The monoisotopic (exact) mass is 612 g/mol. The Morgan fingerprint density at radius 1 is 1.17 bits per heavy atom. The zero-order chi connectivity index (χ0) is 29.7. The van der Waals surface area contributed by atoms with Crippen molar-refractivity contribution in [2.45, 2.75) is 82.0 Å². The van der Waals surface area contributed by atoms with Gasteiger partial charge in [-0.2, -0.15) is 0 Å². The standard InChI is InChI=1S/C33H41ClN2O5S/c1-3-26-8-4-5-9-30(37)32(2)16-14-24(32)19-36-20-33(15-6-7-22-17-25(34)11-12-27(22)33)21-41-29-13-10-23(18-28(29)36)31(38)35-42(26,39)40/h5,9-13,17-18,24,26,30,37H,3-4,6-8,14-16,19-21H2,1-2H3,(H,35,38)/b9-5-/t24-,26+,30+,32+,33-/m0/s1. The molecule has 4 aliphatic rings. The molecule has 1 fully saturated rings. The number of amides is 1. The summed E-state index contributed by atoms with van der Waals surface area (Å²) in [6.45, 7) is 5.86. The van der Waals surface area contributed by atoms with Crippen molar-refractivity contribution in [2.24, 2.45) is 11.3 Å². The molecule has 0 unspecified atom stereocenters. The molecule has 0 radical (unpaired) electrons. The van der Waals surface area contributed by atoms with Crippen LogP contribution >= 0.6 is 11.6 Å². The van der Waals surface area contributed by atoms with E-state index in [9.17, 15) is 18.3 Å². The van der Waals surface area contributed by atoms with Crippen molar-refractivity contribution in [3.05, 3.63) is 70.3 Å². The first-order chi connectivity index (χ1) is 20.0. The second-order valence-corrected chi connectivity index (χ2v) is 15.4. The summed E-state index contributed by atoms with van der Waals surface area (Å²) in [5, 5.41) is 11.4. The van der Waals surface area contributed by atoms with Crippen LogP contribution in [0.2, 0.25) is 5.02 Å². The second-order valence-electron chi connectivity index (χ2n) is 13.0. The van der Waals surface area contributed by atoms with Gasteiger partial charge in [-0.05, 0) is 98.7 Å². The number of fused-ring (bicyclic) bond motifs is 4. The number of aryl methyl sites for hydroxylation is 1. The predicted molar refractivity (Wildman–Crippen MR) is 166 cm³/mol. The molecule has 1 amide bonds. The number of sulfonamides is 1. The molecule has 2 aliphatic heterocycles. The number of carbonyl (C=O) groups is 1. The van der Waals surface area contributed by atoms with Crippen molar-refractivity contribution in [1.29, 1.82) is 0 Å². The number of ether oxygens (including phenoxy) is 1. The molecule has 1 spiro atoms. The number of halogens is 1. The lowest BCUT2D eigenvalue weighted by Gasteiger charge is -2.52. The molecule has 42 heavy (non-hydrogen) atoms. The molecular weight excluding hydrogens is 572 g/mol. The Bertz CT molecular complexity index is 1510. The van der Waals surface area contributed by atoms with Crippen molar-refractivity contribution in [1.82, 2.24) is 4.72 Å². The number of rotatable bonds is 1. The highest BCUT2D eigenvalue weighted by molar-refractivity contribution is 7.90. The van der Waals surface area contributed by atoms with E-state index in [4.69, 9.17) is 16.3 Å². The van der Waals surface area contributed by atoms with Gasteiger partial charge in [-0.3, -0.25) is 4.79 Å². The van der Waals surface area contributed by atoms with Gasteiger partial charge in [0.1, 0.15) is 5.75 Å². The molecule has 0 aromatic heterocycles. The van der Waals surface area contributed by atoms with Gasteiger partial charge >= 0.3 is 0 Å². The van der Waals surface area contributed by atoms with Crippen LogP contribution < -0.4 is 14.4 Å². The van der Waals surface area contributed by atoms with Crippen LogP contribution in [-0.4, -0.2) is 50.5 Å². The molecule has 2 aliphatic carbocycles. The molecule has 6 rings (SSSR count). The lowest BCUT2D eigenvalue weighted by molar-refractivity contribution is -0.0469. The van der Waals surface area contributed by atoms with Crippen LogP contribution in [0.25, 0.3) is 0 Å². The van der Waals surface area contributed by atoms with Crippen molar-refractivity contribution in [3.8, 4) is 5.75 Å². The Labute approximate surface area is 254 Å². The number of allylic oxidation sites excluding steroid dienone is 1. The lowest BCUT2D eigenvalue weighted by Crippen LogP contribution is -2.53. The van der Waals surface area contributed by atoms with E-state index in [0.29, 0.717) is 44.7 Å². The Kier molecular flexibility index (Phi) is 7.86. The maximum Gasteiger partial charge on any atom is 0.264 e. The Morgan fingerprint density at radius 3 is 2.76 bits per heavy atom. The first kappa shape index (κ1) is 29.5. The smallest absolute Gasteiger partial charge is 0.264 e. The first-order valence-electron chi connectivity index (χ1n) is 15.3. The zero-order valence-corrected chi connectivity index (χ0v) is 26.0. The lowest BCUT2D eigenvalue weighted by atomic mass is 9.58. The highest BCUT2D eigenvalue weighted by Gasteiger charge is 2.49. The first-order valence-corrected chi connectivity index (χ1v) is 17.2. The zero-order valence-electron chi connectivity index (χ0n) is 24.4. The number of hydrogen-bond donors (Lipinski definition) is 2. The number of benzene rings is 2. The van der Waals surface area contributed by atoms with Gasteiger partial charge < -0.3 is 14.7 Å². The van der Waals surface area contributed by atoms with E-state index in [2.05, 4.69) is 28.7 Å². The van der Waals surface area contributed by atoms with E-state index in [1.165, 1.54) is 11.1 Å². The quantitative estimate of drug-likeness (QED) is 0.397. The summed E-state index contributed by atoms with van der Waals surface area (Å²) >= 11 is 6.39. The minimum Gasteiger partial charge on any atom is -0.490 e. The molecule has 2 aromatic carbocycles. The van der Waals surface area contributed by atoms with E-state index in [0.717, 1.165) is 42.8 Å². The molecule has 2 N–H and O–H groups in total. The number of anilines is 1. The molecule has 2 bridgehead atoms. The van der Waals surface area contributed by atoms with Gasteiger partial charge in [0.05, 0.1) is 23.6 Å². The minimum absolute atomic E-state index is 0.239. The van der Waals surface area contributed by atoms with Crippen LogP contribution in [0.15, 0.2) is 48.6 Å². The van der Waals surface area contributed by atoms with Crippen LogP contribution in [0.5, 0.6) is 5.75 Å². The van der Waals surface area contributed by atoms with Crippen molar-refractivity contribution < 1.29 is 23.1 Å². The van der Waals surface area contributed by atoms with E-state index in [-0.39, 0.29) is 22.3 Å². The summed E-state index contributed by atoms with van der Waals surface area (Å²) in [5.74, 6) is 0.295. The Balaban J connectivity index is 1.44. The van der Waals surface area contributed by atoms with E-state index >= 15 is 0 Å². The van der Waals surface area contributed by atoms with Crippen molar-refractivity contribution in [3.63, 3.8) is 0 Å². The summed E-state index contributed by atoms with van der Waals surface area (Å²) < 4.78 is 35.3. The van der Waals surface area contributed by atoms with Gasteiger partial charge in [-0.25, -0.2) is 13.1 Å². The van der Waals surface area contributed by atoms with Gasteiger partial charge in [-0.1, -0.05) is 43.7 Å². The van der Waals surface area contributed by atoms with Crippen LogP contribution in [0.3, 0.4) is 0 Å². The molecule has 7 nitrogen and oxygen atoms in total. The Morgan fingerprint density at radius 2 is 2.00 bits per heavy atom.